The summed E-state index contributed by atoms with van der Waals surface area (Å²) < 4.78 is 6.52. The third-order valence-electron chi connectivity index (χ3n) is 7.16. The fourth-order valence-corrected chi connectivity index (χ4v) is 5.54. The Balaban J connectivity index is 1.58. The van der Waals surface area contributed by atoms with Gasteiger partial charge in [-0.3, -0.25) is 4.98 Å². The van der Waals surface area contributed by atoms with Gasteiger partial charge in [0.2, 0.25) is 0 Å². The zero-order chi connectivity index (χ0) is 24.3. The summed E-state index contributed by atoms with van der Waals surface area (Å²) in [5, 5.41) is 3.69. The lowest BCUT2D eigenvalue weighted by molar-refractivity contribution is 0.596. The van der Waals surface area contributed by atoms with Gasteiger partial charge in [0.1, 0.15) is 11.3 Å². The average molecular weight is 461 g/mol. The standard InChI is InChI=1S/C32H32N2O/c1-19(2)16-23-12-10-20-11-13-25-28-27(35-31(25)30(20)34-23)14-15-33-29(28)22-17-21-8-6-7-9-24(21)26(18-22)32(3,4)5/h6-10,12,14-15,17-19H,11,13,16H2,1-5H3. The summed E-state index contributed by atoms with van der Waals surface area (Å²) >= 11 is 0. The van der Waals surface area contributed by atoms with Crippen molar-refractivity contribution in [1.82, 2.24) is 9.97 Å². The number of rotatable bonds is 3. The fourth-order valence-electron chi connectivity index (χ4n) is 5.54. The highest BCUT2D eigenvalue weighted by molar-refractivity contribution is 6.01. The van der Waals surface area contributed by atoms with Crippen LogP contribution in [-0.2, 0) is 24.7 Å². The van der Waals surface area contributed by atoms with E-state index >= 15 is 0 Å². The van der Waals surface area contributed by atoms with E-state index in [2.05, 4.69) is 83.1 Å². The zero-order valence-corrected chi connectivity index (χ0v) is 21.3. The van der Waals surface area contributed by atoms with Crippen molar-refractivity contribution in [3.63, 3.8) is 0 Å². The average Bonchev–Trinajstić information content (AvgIpc) is 3.22. The van der Waals surface area contributed by atoms with Crippen LogP contribution < -0.4 is 0 Å². The normalized spacial score (nSPS) is 13.4. The second-order valence-electron chi connectivity index (χ2n) is 11.3. The Hall–Kier alpha value is -3.46. The first-order valence-corrected chi connectivity index (χ1v) is 12.7. The van der Waals surface area contributed by atoms with Crippen molar-refractivity contribution in [2.45, 2.75) is 59.3 Å². The van der Waals surface area contributed by atoms with E-state index in [0.29, 0.717) is 5.92 Å². The van der Waals surface area contributed by atoms with E-state index in [9.17, 15) is 0 Å². The van der Waals surface area contributed by atoms with Crippen molar-refractivity contribution in [2.75, 3.05) is 0 Å². The van der Waals surface area contributed by atoms with Crippen LogP contribution in [-0.4, -0.2) is 9.97 Å². The lowest BCUT2D eigenvalue weighted by Crippen LogP contribution is -2.12. The minimum atomic E-state index is 0.0228. The Bertz CT molecular complexity index is 1580. The molecule has 3 heteroatoms. The predicted molar refractivity (Wildman–Crippen MR) is 145 cm³/mol. The number of benzene rings is 2. The van der Waals surface area contributed by atoms with Crippen LogP contribution in [0.1, 0.15) is 57.0 Å². The van der Waals surface area contributed by atoms with Gasteiger partial charge in [0.05, 0.1) is 11.1 Å². The molecule has 0 amide bonds. The van der Waals surface area contributed by atoms with Gasteiger partial charge in [-0.1, -0.05) is 65.0 Å². The summed E-state index contributed by atoms with van der Waals surface area (Å²) in [6.07, 6.45) is 4.77. The van der Waals surface area contributed by atoms with Gasteiger partial charge in [0.25, 0.3) is 0 Å². The van der Waals surface area contributed by atoms with E-state index in [0.717, 1.165) is 58.6 Å². The zero-order valence-electron chi connectivity index (χ0n) is 21.3. The maximum absolute atomic E-state index is 6.52. The van der Waals surface area contributed by atoms with Crippen LogP contribution in [0.15, 0.2) is 65.2 Å². The van der Waals surface area contributed by atoms with Gasteiger partial charge < -0.3 is 4.42 Å². The molecule has 1 aliphatic rings. The monoisotopic (exact) mass is 460 g/mol. The number of pyridine rings is 2. The summed E-state index contributed by atoms with van der Waals surface area (Å²) in [6, 6.07) is 19.7. The quantitative estimate of drug-likeness (QED) is 0.272. The second kappa shape index (κ2) is 8.05. The molecule has 3 heterocycles. The Kier molecular flexibility index (Phi) is 5.07. The van der Waals surface area contributed by atoms with Crippen molar-refractivity contribution in [3.8, 4) is 22.7 Å². The van der Waals surface area contributed by atoms with Crippen LogP contribution in [0.2, 0.25) is 0 Å². The summed E-state index contributed by atoms with van der Waals surface area (Å²) in [7, 11) is 0. The molecule has 0 spiro atoms. The number of hydrogen-bond acceptors (Lipinski definition) is 3. The number of aryl methyl sites for hydroxylation is 2. The number of nitrogens with zero attached hydrogens (tertiary/aromatic N) is 2. The minimum Gasteiger partial charge on any atom is -0.454 e. The molecule has 6 rings (SSSR count). The van der Waals surface area contributed by atoms with Gasteiger partial charge in [-0.25, -0.2) is 4.98 Å². The molecule has 0 fully saturated rings. The molecule has 0 radical (unpaired) electrons. The fraction of sp³-hybridized carbons (Fsp3) is 0.312. The molecule has 0 atom stereocenters. The van der Waals surface area contributed by atoms with E-state index < -0.39 is 0 Å². The molecule has 0 bridgehead atoms. The molecule has 35 heavy (non-hydrogen) atoms. The van der Waals surface area contributed by atoms with Crippen LogP contribution in [0.5, 0.6) is 0 Å². The molecular formula is C32H32N2O. The molecule has 0 N–H and O–H groups in total. The van der Waals surface area contributed by atoms with E-state index in [1.807, 2.05) is 12.3 Å². The summed E-state index contributed by atoms with van der Waals surface area (Å²) in [6.45, 7) is 11.3. The highest BCUT2D eigenvalue weighted by Crippen LogP contribution is 2.43. The molecule has 3 aromatic heterocycles. The molecule has 0 unspecified atom stereocenters. The van der Waals surface area contributed by atoms with E-state index in [-0.39, 0.29) is 5.41 Å². The molecular weight excluding hydrogens is 428 g/mol. The first-order valence-electron chi connectivity index (χ1n) is 12.7. The first kappa shape index (κ1) is 22.0. The van der Waals surface area contributed by atoms with Gasteiger partial charge >= 0.3 is 0 Å². The maximum atomic E-state index is 6.52. The van der Waals surface area contributed by atoms with Gasteiger partial charge in [-0.05, 0) is 76.8 Å². The van der Waals surface area contributed by atoms with E-state index in [4.69, 9.17) is 14.4 Å². The second-order valence-corrected chi connectivity index (χ2v) is 11.3. The molecule has 2 aromatic carbocycles. The number of hydrogen-bond donors (Lipinski definition) is 0. The Labute approximate surface area is 207 Å². The third-order valence-corrected chi connectivity index (χ3v) is 7.16. The van der Waals surface area contributed by atoms with Crippen molar-refractivity contribution >= 4 is 21.7 Å². The lowest BCUT2D eigenvalue weighted by Gasteiger charge is -2.23. The van der Waals surface area contributed by atoms with E-state index in [1.54, 1.807) is 0 Å². The highest BCUT2D eigenvalue weighted by Gasteiger charge is 2.27. The lowest BCUT2D eigenvalue weighted by atomic mass is 9.82. The Morgan fingerprint density at radius 2 is 1.77 bits per heavy atom. The Morgan fingerprint density at radius 1 is 0.943 bits per heavy atom. The molecule has 1 aliphatic carbocycles. The summed E-state index contributed by atoms with van der Waals surface area (Å²) in [5.41, 5.74) is 9.08. The molecule has 0 aliphatic heterocycles. The molecule has 176 valence electrons. The number of aromatic nitrogens is 2. The number of furan rings is 1. The SMILES string of the molecule is CC(C)Cc1ccc2c(n1)-c1oc3ccnc(-c4cc(C(C)(C)C)c5ccccc5c4)c3c1CC2. The largest absolute Gasteiger partial charge is 0.454 e. The summed E-state index contributed by atoms with van der Waals surface area (Å²) in [4.78, 5) is 9.99. The smallest absolute Gasteiger partial charge is 0.157 e. The topological polar surface area (TPSA) is 38.9 Å². The molecule has 0 saturated heterocycles. The van der Waals surface area contributed by atoms with Crippen molar-refractivity contribution < 1.29 is 4.42 Å². The van der Waals surface area contributed by atoms with Gasteiger partial charge in [0, 0.05) is 23.0 Å². The van der Waals surface area contributed by atoms with E-state index in [1.165, 1.54) is 27.5 Å². The van der Waals surface area contributed by atoms with Crippen molar-refractivity contribution in [1.29, 1.82) is 0 Å². The van der Waals surface area contributed by atoms with Crippen LogP contribution in [0, 0.1) is 5.92 Å². The van der Waals surface area contributed by atoms with Crippen LogP contribution >= 0.6 is 0 Å². The van der Waals surface area contributed by atoms with Crippen molar-refractivity contribution in [2.24, 2.45) is 5.92 Å². The summed E-state index contributed by atoms with van der Waals surface area (Å²) in [5.74, 6) is 1.50. The maximum Gasteiger partial charge on any atom is 0.157 e. The van der Waals surface area contributed by atoms with Crippen LogP contribution in [0.25, 0.3) is 44.5 Å². The van der Waals surface area contributed by atoms with Gasteiger partial charge in [0.15, 0.2) is 5.76 Å². The van der Waals surface area contributed by atoms with Crippen LogP contribution in [0.4, 0.5) is 0 Å². The van der Waals surface area contributed by atoms with Crippen LogP contribution in [0.3, 0.4) is 0 Å². The molecule has 0 saturated carbocycles. The van der Waals surface area contributed by atoms with Gasteiger partial charge in [-0.2, -0.15) is 0 Å². The predicted octanol–water partition coefficient (Wildman–Crippen LogP) is 8.30. The highest BCUT2D eigenvalue weighted by atomic mass is 16.3. The minimum absolute atomic E-state index is 0.0228. The van der Waals surface area contributed by atoms with Crippen molar-refractivity contribution in [3.05, 3.63) is 83.2 Å². The molecule has 3 nitrogen and oxygen atoms in total. The number of fused-ring (bicyclic) bond motifs is 6. The first-order chi connectivity index (χ1) is 16.8. The molecule has 5 aromatic rings. The third kappa shape index (κ3) is 3.74. The van der Waals surface area contributed by atoms with Gasteiger partial charge in [-0.15, -0.1) is 0 Å². The Morgan fingerprint density at radius 3 is 2.57 bits per heavy atom.